The number of amides is 2. The van der Waals surface area contributed by atoms with Crippen LogP contribution in [0.15, 0.2) is 24.3 Å². The summed E-state index contributed by atoms with van der Waals surface area (Å²) in [4.78, 5) is 26.5. The van der Waals surface area contributed by atoms with E-state index in [4.69, 9.17) is 0 Å². The highest BCUT2D eigenvalue weighted by atomic mass is 19.4. The van der Waals surface area contributed by atoms with Crippen LogP contribution in [-0.4, -0.2) is 29.8 Å². The SMILES string of the molecule is CC1CCN(C(=O)C2CC2C(=O)Nc2ccccc2C(F)(F)F)CC1. The van der Waals surface area contributed by atoms with E-state index >= 15 is 0 Å². The number of nitrogens with one attached hydrogen (secondary N) is 1. The first kappa shape index (κ1) is 17.8. The normalized spacial score (nSPS) is 24.1. The van der Waals surface area contributed by atoms with E-state index in [1.807, 2.05) is 0 Å². The summed E-state index contributed by atoms with van der Waals surface area (Å²) in [5.74, 6) is -0.891. The first-order valence-corrected chi connectivity index (χ1v) is 8.53. The topological polar surface area (TPSA) is 49.4 Å². The first-order chi connectivity index (χ1) is 11.8. The lowest BCUT2D eigenvalue weighted by Crippen LogP contribution is -2.39. The van der Waals surface area contributed by atoms with Crippen molar-refractivity contribution in [2.75, 3.05) is 18.4 Å². The molecule has 1 heterocycles. The van der Waals surface area contributed by atoms with Gasteiger partial charge < -0.3 is 10.2 Å². The highest BCUT2D eigenvalue weighted by Gasteiger charge is 2.50. The number of carbonyl (C=O) groups is 2. The number of anilines is 1. The minimum Gasteiger partial charge on any atom is -0.342 e. The maximum absolute atomic E-state index is 13.0. The van der Waals surface area contributed by atoms with Crippen molar-refractivity contribution in [1.29, 1.82) is 0 Å². The van der Waals surface area contributed by atoms with Crippen LogP contribution in [0.3, 0.4) is 0 Å². The van der Waals surface area contributed by atoms with E-state index in [1.54, 1.807) is 4.90 Å². The van der Waals surface area contributed by atoms with Crippen LogP contribution in [0.5, 0.6) is 0 Å². The average molecular weight is 354 g/mol. The van der Waals surface area contributed by atoms with Gasteiger partial charge in [0, 0.05) is 13.1 Å². The minimum atomic E-state index is -4.53. The number of carbonyl (C=O) groups excluding carboxylic acids is 2. The standard InChI is InChI=1S/C18H21F3N2O2/c1-11-6-8-23(9-7-11)17(25)13-10-12(13)16(24)22-15-5-3-2-4-14(15)18(19,20)21/h2-5,11-13H,6-10H2,1H3,(H,22,24). The molecule has 0 spiro atoms. The summed E-state index contributed by atoms with van der Waals surface area (Å²) in [5, 5.41) is 2.34. The van der Waals surface area contributed by atoms with E-state index in [1.165, 1.54) is 18.2 Å². The predicted molar refractivity (Wildman–Crippen MR) is 86.6 cm³/mol. The highest BCUT2D eigenvalue weighted by molar-refractivity contribution is 6.00. The van der Waals surface area contributed by atoms with Crippen LogP contribution >= 0.6 is 0 Å². The van der Waals surface area contributed by atoms with Crippen molar-refractivity contribution in [2.45, 2.75) is 32.4 Å². The third-order valence-electron chi connectivity index (χ3n) is 5.03. The highest BCUT2D eigenvalue weighted by Crippen LogP contribution is 2.42. The van der Waals surface area contributed by atoms with Crippen LogP contribution in [0.2, 0.25) is 0 Å². The molecule has 1 saturated heterocycles. The zero-order valence-electron chi connectivity index (χ0n) is 14.0. The van der Waals surface area contributed by atoms with Crippen molar-refractivity contribution >= 4 is 17.5 Å². The van der Waals surface area contributed by atoms with Gasteiger partial charge in [-0.05, 0) is 37.3 Å². The second-order valence-corrected chi connectivity index (χ2v) is 6.99. The van der Waals surface area contributed by atoms with Crippen molar-refractivity contribution < 1.29 is 22.8 Å². The Morgan fingerprint density at radius 1 is 1.12 bits per heavy atom. The number of hydrogen-bond acceptors (Lipinski definition) is 2. The van der Waals surface area contributed by atoms with E-state index in [2.05, 4.69) is 12.2 Å². The summed E-state index contributed by atoms with van der Waals surface area (Å²) in [6, 6.07) is 4.88. The van der Waals surface area contributed by atoms with Crippen LogP contribution in [-0.2, 0) is 15.8 Å². The largest absolute Gasteiger partial charge is 0.418 e. The number of para-hydroxylation sites is 1. The Morgan fingerprint density at radius 2 is 1.76 bits per heavy atom. The summed E-state index contributed by atoms with van der Waals surface area (Å²) < 4.78 is 38.9. The Bertz CT molecular complexity index is 667. The van der Waals surface area contributed by atoms with Crippen LogP contribution in [0.25, 0.3) is 0 Å². The fourth-order valence-corrected chi connectivity index (χ4v) is 3.29. The molecule has 2 amide bonds. The van der Waals surface area contributed by atoms with Crippen LogP contribution in [0.4, 0.5) is 18.9 Å². The second-order valence-electron chi connectivity index (χ2n) is 6.99. The first-order valence-electron chi connectivity index (χ1n) is 8.53. The molecule has 0 aromatic heterocycles. The maximum Gasteiger partial charge on any atom is 0.418 e. The van der Waals surface area contributed by atoms with Gasteiger partial charge in [-0.25, -0.2) is 0 Å². The molecule has 3 rings (SSSR count). The molecule has 4 nitrogen and oxygen atoms in total. The Morgan fingerprint density at radius 3 is 2.40 bits per heavy atom. The van der Waals surface area contributed by atoms with Gasteiger partial charge in [-0.1, -0.05) is 19.1 Å². The molecule has 1 saturated carbocycles. The van der Waals surface area contributed by atoms with Gasteiger partial charge in [0.15, 0.2) is 0 Å². The Kier molecular flexibility index (Phi) is 4.75. The number of likely N-dealkylation sites (tertiary alicyclic amines) is 1. The van der Waals surface area contributed by atoms with Gasteiger partial charge in [-0.2, -0.15) is 13.2 Å². The lowest BCUT2D eigenvalue weighted by atomic mass is 9.99. The molecule has 1 aliphatic carbocycles. The molecule has 2 unspecified atom stereocenters. The van der Waals surface area contributed by atoms with E-state index < -0.39 is 29.5 Å². The van der Waals surface area contributed by atoms with E-state index in [-0.39, 0.29) is 11.6 Å². The fourth-order valence-electron chi connectivity index (χ4n) is 3.29. The van der Waals surface area contributed by atoms with E-state index in [0.29, 0.717) is 25.4 Å². The van der Waals surface area contributed by atoms with Crippen molar-refractivity contribution in [3.05, 3.63) is 29.8 Å². The quantitative estimate of drug-likeness (QED) is 0.903. The third-order valence-corrected chi connectivity index (χ3v) is 5.03. The van der Waals surface area contributed by atoms with Gasteiger partial charge in [-0.15, -0.1) is 0 Å². The lowest BCUT2D eigenvalue weighted by molar-refractivity contribution is -0.137. The van der Waals surface area contributed by atoms with Crippen LogP contribution in [0, 0.1) is 17.8 Å². The molecular weight excluding hydrogens is 333 g/mol. The lowest BCUT2D eigenvalue weighted by Gasteiger charge is -2.30. The van der Waals surface area contributed by atoms with E-state index in [9.17, 15) is 22.8 Å². The van der Waals surface area contributed by atoms with Gasteiger partial charge in [0.1, 0.15) is 0 Å². The minimum absolute atomic E-state index is 0.0452. The third kappa shape index (κ3) is 3.96. The van der Waals surface area contributed by atoms with E-state index in [0.717, 1.165) is 18.9 Å². The predicted octanol–water partition coefficient (Wildman–Crippen LogP) is 3.54. The van der Waals surface area contributed by atoms with Gasteiger partial charge in [0.25, 0.3) is 0 Å². The number of alkyl halides is 3. The Hall–Kier alpha value is -2.05. The molecule has 1 aromatic rings. The molecule has 2 fully saturated rings. The molecule has 0 radical (unpaired) electrons. The molecule has 2 aliphatic rings. The monoisotopic (exact) mass is 354 g/mol. The molecule has 7 heteroatoms. The van der Waals surface area contributed by atoms with Crippen molar-refractivity contribution in [3.8, 4) is 0 Å². The molecule has 136 valence electrons. The fraction of sp³-hybridized carbons (Fsp3) is 0.556. The van der Waals surface area contributed by atoms with Crippen LogP contribution < -0.4 is 5.32 Å². The van der Waals surface area contributed by atoms with Gasteiger partial charge in [-0.3, -0.25) is 9.59 Å². The van der Waals surface area contributed by atoms with Crippen molar-refractivity contribution in [3.63, 3.8) is 0 Å². The average Bonchev–Trinajstić information content (AvgIpc) is 3.35. The molecule has 1 aromatic carbocycles. The summed E-state index contributed by atoms with van der Waals surface area (Å²) in [7, 11) is 0. The molecule has 1 N–H and O–H groups in total. The zero-order valence-corrected chi connectivity index (χ0v) is 14.0. The number of halogens is 3. The van der Waals surface area contributed by atoms with Gasteiger partial charge in [0.05, 0.1) is 23.1 Å². The van der Waals surface area contributed by atoms with Gasteiger partial charge >= 0.3 is 6.18 Å². The Balaban J connectivity index is 1.60. The second kappa shape index (κ2) is 6.69. The number of nitrogens with zero attached hydrogens (tertiary/aromatic N) is 1. The van der Waals surface area contributed by atoms with Crippen molar-refractivity contribution in [1.82, 2.24) is 4.90 Å². The molecule has 1 aliphatic heterocycles. The summed E-state index contributed by atoms with van der Waals surface area (Å²) in [6.07, 6.45) is -2.22. The van der Waals surface area contributed by atoms with Crippen molar-refractivity contribution in [2.24, 2.45) is 17.8 Å². The number of benzene rings is 1. The van der Waals surface area contributed by atoms with Gasteiger partial charge in [0.2, 0.25) is 11.8 Å². The summed E-state index contributed by atoms with van der Waals surface area (Å²) >= 11 is 0. The Labute approximate surface area is 144 Å². The number of rotatable bonds is 3. The summed E-state index contributed by atoms with van der Waals surface area (Å²) in [6.45, 7) is 3.54. The number of piperidine rings is 1. The molecule has 0 bridgehead atoms. The molecule has 25 heavy (non-hydrogen) atoms. The zero-order chi connectivity index (χ0) is 18.2. The number of hydrogen-bond donors (Lipinski definition) is 1. The molecule has 2 atom stereocenters. The smallest absolute Gasteiger partial charge is 0.342 e. The molecular formula is C18H21F3N2O2. The maximum atomic E-state index is 13.0. The summed E-state index contributed by atoms with van der Waals surface area (Å²) in [5.41, 5.74) is -1.14. The van der Waals surface area contributed by atoms with Crippen LogP contribution in [0.1, 0.15) is 31.7 Å².